The van der Waals surface area contributed by atoms with Crippen LogP contribution in [0.1, 0.15) is 35.2 Å². The van der Waals surface area contributed by atoms with Crippen LogP contribution in [0.25, 0.3) is 22.7 Å². The first-order chi connectivity index (χ1) is 22.4. The molecule has 0 radical (unpaired) electrons. The van der Waals surface area contributed by atoms with Crippen LogP contribution in [-0.2, 0) is 16.1 Å². The van der Waals surface area contributed by atoms with E-state index in [0.717, 1.165) is 33.2 Å². The number of para-hydroxylation sites is 1. The Morgan fingerprint density at radius 1 is 0.913 bits per heavy atom. The normalized spacial score (nSPS) is 14.8. The third-order valence-electron chi connectivity index (χ3n) is 7.93. The number of rotatable bonds is 7. The Bertz CT molecular complexity index is 2300. The Kier molecular flexibility index (Phi) is 8.21. The zero-order chi connectivity index (χ0) is 31.8. The van der Waals surface area contributed by atoms with E-state index in [1.165, 1.54) is 11.3 Å². The molecule has 0 bridgehead atoms. The summed E-state index contributed by atoms with van der Waals surface area (Å²) in [6, 6.07) is 31.8. The number of nitrogens with zero attached hydrogens (tertiary/aromatic N) is 3. The number of hydrogen-bond donors (Lipinski definition) is 0. The van der Waals surface area contributed by atoms with Crippen molar-refractivity contribution >= 4 is 63.2 Å². The highest BCUT2D eigenvalue weighted by atomic mass is 35.5. The van der Waals surface area contributed by atoms with Crippen LogP contribution in [0.3, 0.4) is 0 Å². The number of aromatic nitrogens is 2. The summed E-state index contributed by atoms with van der Waals surface area (Å²) in [6.07, 6.45) is 3.98. The summed E-state index contributed by atoms with van der Waals surface area (Å²) in [6.45, 7) is 2.59. The number of carbonyl (C=O) groups is 1. The number of ether oxygens (including phenoxy) is 1. The van der Waals surface area contributed by atoms with Gasteiger partial charge in [-0.3, -0.25) is 9.36 Å². The number of benzene rings is 4. The van der Waals surface area contributed by atoms with Crippen molar-refractivity contribution in [2.75, 3.05) is 6.61 Å². The predicted octanol–water partition coefficient (Wildman–Crippen LogP) is 7.25. The smallest absolute Gasteiger partial charge is 0.338 e. The van der Waals surface area contributed by atoms with Gasteiger partial charge in [-0.2, -0.15) is 0 Å². The minimum absolute atomic E-state index is 0.183. The fourth-order valence-electron chi connectivity index (χ4n) is 5.85. The molecule has 3 heterocycles. The molecule has 0 saturated heterocycles. The van der Waals surface area contributed by atoms with Gasteiger partial charge in [0.05, 0.1) is 28.5 Å². The molecule has 6 nitrogen and oxygen atoms in total. The summed E-state index contributed by atoms with van der Waals surface area (Å²) >= 11 is 13.7. The van der Waals surface area contributed by atoms with Crippen LogP contribution in [0, 0.1) is 0 Å². The third kappa shape index (κ3) is 5.62. The molecule has 1 aliphatic rings. The van der Waals surface area contributed by atoms with Crippen LogP contribution in [0.15, 0.2) is 125 Å². The van der Waals surface area contributed by atoms with Crippen molar-refractivity contribution in [1.82, 2.24) is 9.13 Å². The lowest BCUT2D eigenvalue weighted by Crippen LogP contribution is -2.40. The molecule has 7 rings (SSSR count). The van der Waals surface area contributed by atoms with E-state index in [-0.39, 0.29) is 12.2 Å². The number of halogens is 2. The molecular weight excluding hydrogens is 637 g/mol. The van der Waals surface area contributed by atoms with Crippen molar-refractivity contribution in [3.05, 3.63) is 167 Å². The van der Waals surface area contributed by atoms with Gasteiger partial charge in [0.25, 0.3) is 5.56 Å². The van der Waals surface area contributed by atoms with Crippen molar-refractivity contribution in [3.63, 3.8) is 0 Å². The molecule has 46 heavy (non-hydrogen) atoms. The fraction of sp³-hybridized carbons (Fsp3) is 0.108. The van der Waals surface area contributed by atoms with Crippen LogP contribution in [0.2, 0.25) is 10.0 Å². The highest BCUT2D eigenvalue weighted by Gasteiger charge is 2.35. The van der Waals surface area contributed by atoms with E-state index >= 15 is 0 Å². The van der Waals surface area contributed by atoms with Gasteiger partial charge < -0.3 is 9.30 Å². The van der Waals surface area contributed by atoms with Gasteiger partial charge in [-0.15, -0.1) is 0 Å². The minimum Gasteiger partial charge on any atom is -0.463 e. The first-order valence-corrected chi connectivity index (χ1v) is 16.3. The molecule has 4 aromatic carbocycles. The zero-order valence-electron chi connectivity index (χ0n) is 24.7. The van der Waals surface area contributed by atoms with Crippen molar-refractivity contribution in [1.29, 1.82) is 0 Å². The fourth-order valence-corrected chi connectivity index (χ4v) is 7.09. The predicted molar refractivity (Wildman–Crippen MR) is 185 cm³/mol. The average molecular weight is 665 g/mol. The number of carbonyl (C=O) groups excluding carboxylic acids is 1. The highest BCUT2D eigenvalue weighted by molar-refractivity contribution is 7.07. The minimum atomic E-state index is -0.767. The van der Waals surface area contributed by atoms with E-state index in [2.05, 4.69) is 22.9 Å². The summed E-state index contributed by atoms with van der Waals surface area (Å²) in [5.41, 5.74) is 5.08. The van der Waals surface area contributed by atoms with Gasteiger partial charge in [-0.05, 0) is 54.5 Å². The molecule has 0 fully saturated rings. The summed E-state index contributed by atoms with van der Waals surface area (Å²) in [4.78, 5) is 33.5. The molecule has 0 unspecified atom stereocenters. The van der Waals surface area contributed by atoms with Crippen LogP contribution < -0.4 is 14.9 Å². The van der Waals surface area contributed by atoms with Gasteiger partial charge in [0.15, 0.2) is 4.80 Å². The Balaban J connectivity index is 1.44. The summed E-state index contributed by atoms with van der Waals surface area (Å²) < 4.78 is 9.84. The van der Waals surface area contributed by atoms with Gasteiger partial charge in [0.2, 0.25) is 0 Å². The highest BCUT2D eigenvalue weighted by Crippen LogP contribution is 2.35. The van der Waals surface area contributed by atoms with Gasteiger partial charge in [-0.1, -0.05) is 107 Å². The van der Waals surface area contributed by atoms with Crippen LogP contribution in [-0.4, -0.2) is 21.7 Å². The third-order valence-corrected chi connectivity index (χ3v) is 9.42. The lowest BCUT2D eigenvalue weighted by atomic mass is 9.93. The van der Waals surface area contributed by atoms with Gasteiger partial charge >= 0.3 is 5.97 Å². The number of thiazole rings is 1. The van der Waals surface area contributed by atoms with Crippen molar-refractivity contribution in [2.45, 2.75) is 19.5 Å². The largest absolute Gasteiger partial charge is 0.463 e. The molecule has 0 N–H and O–H groups in total. The molecule has 2 aromatic heterocycles. The van der Waals surface area contributed by atoms with Gasteiger partial charge in [0.1, 0.15) is 0 Å². The number of fused-ring (bicyclic) bond motifs is 2. The molecule has 1 aliphatic heterocycles. The first kappa shape index (κ1) is 30.0. The second-order valence-electron chi connectivity index (χ2n) is 10.8. The van der Waals surface area contributed by atoms with E-state index in [1.807, 2.05) is 84.9 Å². The van der Waals surface area contributed by atoms with E-state index in [0.29, 0.717) is 37.2 Å². The lowest BCUT2D eigenvalue weighted by molar-refractivity contribution is -0.138. The van der Waals surface area contributed by atoms with Crippen LogP contribution >= 0.6 is 34.5 Å². The van der Waals surface area contributed by atoms with E-state index in [4.69, 9.17) is 32.9 Å². The first-order valence-electron chi connectivity index (χ1n) is 14.8. The van der Waals surface area contributed by atoms with E-state index in [9.17, 15) is 9.59 Å². The standard InChI is InChI=1S/C37H27Cl2N3O3S/c1-2-45-36(44)32-33(24-8-4-3-5-9-24)40-37-42(34(32)25-14-18-28(39)19-15-25)35(43)31(46-37)20-26-22-41(30-11-7-6-10-29(26)30)21-23-12-16-27(38)17-13-23/h3-20,22,34H,2,21H2,1H3/b31-20-/t34-/m0/s1. The summed E-state index contributed by atoms with van der Waals surface area (Å²) in [5, 5.41) is 2.26. The van der Waals surface area contributed by atoms with Gasteiger partial charge in [0, 0.05) is 44.8 Å². The lowest BCUT2D eigenvalue weighted by Gasteiger charge is -2.25. The number of esters is 1. The Hall–Kier alpha value is -4.69. The molecule has 1 atom stereocenters. The van der Waals surface area contributed by atoms with E-state index < -0.39 is 12.0 Å². The summed E-state index contributed by atoms with van der Waals surface area (Å²) in [5.74, 6) is -0.524. The maximum Gasteiger partial charge on any atom is 0.338 e. The molecule has 228 valence electrons. The maximum atomic E-state index is 14.4. The second-order valence-corrected chi connectivity index (χ2v) is 12.7. The SMILES string of the molecule is CCOC(=O)C1=C(c2ccccc2)N=c2s/c(=C\c3cn(Cc4ccc(Cl)cc4)c4ccccc34)c(=O)n2[C@H]1c1ccc(Cl)cc1. The average Bonchev–Trinajstić information content (AvgIpc) is 3.58. The zero-order valence-corrected chi connectivity index (χ0v) is 27.0. The quantitative estimate of drug-likeness (QED) is 0.169. The molecule has 0 amide bonds. The Labute approximate surface area is 278 Å². The molecule has 0 saturated carbocycles. The van der Waals surface area contributed by atoms with Crippen LogP contribution in [0.4, 0.5) is 0 Å². The molecule has 0 aliphatic carbocycles. The molecule has 6 aromatic rings. The van der Waals surface area contributed by atoms with Crippen LogP contribution in [0.5, 0.6) is 0 Å². The van der Waals surface area contributed by atoms with Crippen molar-refractivity contribution < 1.29 is 9.53 Å². The second kappa shape index (κ2) is 12.6. The Morgan fingerprint density at radius 2 is 1.59 bits per heavy atom. The van der Waals surface area contributed by atoms with Crippen molar-refractivity contribution in [2.24, 2.45) is 4.99 Å². The van der Waals surface area contributed by atoms with Crippen molar-refractivity contribution in [3.8, 4) is 0 Å². The number of hydrogen-bond acceptors (Lipinski definition) is 5. The Morgan fingerprint density at radius 3 is 2.30 bits per heavy atom. The monoisotopic (exact) mass is 663 g/mol. The maximum absolute atomic E-state index is 14.4. The molecular formula is C37H27Cl2N3O3S. The van der Waals surface area contributed by atoms with E-state index in [1.54, 1.807) is 23.6 Å². The van der Waals surface area contributed by atoms with Gasteiger partial charge in [-0.25, -0.2) is 9.79 Å². The topological polar surface area (TPSA) is 65.6 Å². The molecule has 0 spiro atoms. The molecule has 9 heteroatoms. The summed E-state index contributed by atoms with van der Waals surface area (Å²) in [7, 11) is 0.